The molecule has 2 aromatic rings. The second-order valence-corrected chi connectivity index (χ2v) is 3.45. The molecule has 0 fully saturated rings. The molecule has 0 aliphatic rings. The predicted molar refractivity (Wildman–Crippen MR) is 57.5 cm³/mol. The van der Waals surface area contributed by atoms with Crippen LogP contribution in [-0.2, 0) is 11.3 Å². The molecule has 0 aliphatic heterocycles. The van der Waals surface area contributed by atoms with Crippen LogP contribution in [0.5, 0.6) is 0 Å². The Bertz CT molecular complexity index is 442. The summed E-state index contributed by atoms with van der Waals surface area (Å²) >= 11 is 0. The molecule has 5 nitrogen and oxygen atoms in total. The Balaban J connectivity index is 2.23. The van der Waals surface area contributed by atoms with E-state index in [-0.39, 0.29) is 6.04 Å². The zero-order chi connectivity index (χ0) is 11.4. The van der Waals surface area contributed by atoms with Crippen LogP contribution in [0.25, 0.3) is 0 Å². The van der Waals surface area contributed by atoms with Crippen molar-refractivity contribution in [2.45, 2.75) is 12.6 Å². The van der Waals surface area contributed by atoms with Crippen molar-refractivity contribution in [3.05, 3.63) is 47.6 Å². The van der Waals surface area contributed by atoms with Crippen molar-refractivity contribution in [2.75, 3.05) is 7.11 Å². The van der Waals surface area contributed by atoms with Gasteiger partial charge >= 0.3 is 0 Å². The molecule has 1 heterocycles. The molecule has 16 heavy (non-hydrogen) atoms. The summed E-state index contributed by atoms with van der Waals surface area (Å²) in [5, 5.41) is 3.73. The van der Waals surface area contributed by atoms with E-state index >= 15 is 0 Å². The van der Waals surface area contributed by atoms with Gasteiger partial charge < -0.3 is 15.0 Å². The van der Waals surface area contributed by atoms with Gasteiger partial charge in [-0.1, -0.05) is 29.4 Å². The topological polar surface area (TPSA) is 74.2 Å². The molecular formula is C11H13N3O2. The molecular weight excluding hydrogens is 206 g/mol. The highest BCUT2D eigenvalue weighted by molar-refractivity contribution is 5.28. The Morgan fingerprint density at radius 1 is 1.50 bits per heavy atom. The Kier molecular flexibility index (Phi) is 3.28. The predicted octanol–water partition coefficient (Wildman–Crippen LogP) is 1.26. The van der Waals surface area contributed by atoms with E-state index in [1.165, 1.54) is 6.39 Å². The first kappa shape index (κ1) is 10.8. The number of hydrogen-bond donors (Lipinski definition) is 1. The minimum Gasteiger partial charge on any atom is -0.380 e. The third kappa shape index (κ3) is 2.26. The molecule has 0 aliphatic carbocycles. The number of methoxy groups -OCH3 is 1. The van der Waals surface area contributed by atoms with E-state index in [2.05, 4.69) is 14.7 Å². The minimum absolute atomic E-state index is 0.365. The maximum absolute atomic E-state index is 6.00. The highest BCUT2D eigenvalue weighted by atomic mass is 16.5. The van der Waals surface area contributed by atoms with E-state index in [9.17, 15) is 0 Å². The van der Waals surface area contributed by atoms with Gasteiger partial charge in [-0.15, -0.1) is 0 Å². The molecule has 2 N–H and O–H groups in total. The maximum atomic E-state index is 6.00. The lowest BCUT2D eigenvalue weighted by atomic mass is 10.0. The van der Waals surface area contributed by atoms with Crippen LogP contribution < -0.4 is 5.73 Å². The molecule has 1 aromatic carbocycles. The van der Waals surface area contributed by atoms with Crippen LogP contribution in [0.2, 0.25) is 0 Å². The van der Waals surface area contributed by atoms with Crippen LogP contribution in [-0.4, -0.2) is 17.3 Å². The largest absolute Gasteiger partial charge is 0.380 e. The van der Waals surface area contributed by atoms with Crippen molar-refractivity contribution in [2.24, 2.45) is 5.73 Å². The number of ether oxygens (including phenoxy) is 1. The highest BCUT2D eigenvalue weighted by Crippen LogP contribution is 2.17. The second kappa shape index (κ2) is 4.87. The van der Waals surface area contributed by atoms with Gasteiger partial charge in [-0.25, -0.2) is 0 Å². The van der Waals surface area contributed by atoms with Crippen LogP contribution in [0.15, 0.2) is 35.2 Å². The third-order valence-electron chi connectivity index (χ3n) is 2.28. The van der Waals surface area contributed by atoms with E-state index < -0.39 is 0 Å². The summed E-state index contributed by atoms with van der Waals surface area (Å²) in [5.74, 6) is 0.481. The fourth-order valence-electron chi connectivity index (χ4n) is 1.51. The molecule has 5 heteroatoms. The zero-order valence-corrected chi connectivity index (χ0v) is 8.96. The smallest absolute Gasteiger partial charge is 0.213 e. The van der Waals surface area contributed by atoms with Gasteiger partial charge in [-0.3, -0.25) is 0 Å². The van der Waals surface area contributed by atoms with Gasteiger partial charge in [0.1, 0.15) is 0 Å². The van der Waals surface area contributed by atoms with E-state index in [0.717, 1.165) is 11.1 Å². The first-order valence-electron chi connectivity index (χ1n) is 4.91. The molecule has 2 rings (SSSR count). The Morgan fingerprint density at radius 2 is 2.38 bits per heavy atom. The summed E-state index contributed by atoms with van der Waals surface area (Å²) in [4.78, 5) is 3.93. The Morgan fingerprint density at radius 3 is 3.06 bits per heavy atom. The quantitative estimate of drug-likeness (QED) is 0.838. The van der Waals surface area contributed by atoms with Gasteiger partial charge in [0.25, 0.3) is 0 Å². The molecule has 1 atom stereocenters. The SMILES string of the molecule is COCc1cccc(C(N)c2ncon2)c1. The number of nitrogens with zero attached hydrogens (tertiary/aromatic N) is 2. The minimum atomic E-state index is -0.365. The van der Waals surface area contributed by atoms with Crippen molar-refractivity contribution in [3.8, 4) is 0 Å². The lowest BCUT2D eigenvalue weighted by Gasteiger charge is -2.09. The maximum Gasteiger partial charge on any atom is 0.213 e. The highest BCUT2D eigenvalue weighted by Gasteiger charge is 2.13. The van der Waals surface area contributed by atoms with Crippen molar-refractivity contribution in [1.82, 2.24) is 10.1 Å². The lowest BCUT2D eigenvalue weighted by molar-refractivity contribution is 0.185. The van der Waals surface area contributed by atoms with Crippen LogP contribution in [0, 0.1) is 0 Å². The summed E-state index contributed by atoms with van der Waals surface area (Å²) < 4.78 is 9.73. The number of hydrogen-bond acceptors (Lipinski definition) is 5. The van der Waals surface area contributed by atoms with Crippen LogP contribution >= 0.6 is 0 Å². The third-order valence-corrected chi connectivity index (χ3v) is 2.28. The van der Waals surface area contributed by atoms with Gasteiger partial charge in [0.2, 0.25) is 6.39 Å². The monoisotopic (exact) mass is 219 g/mol. The molecule has 84 valence electrons. The normalized spacial score (nSPS) is 12.6. The van der Waals surface area contributed by atoms with Gasteiger partial charge in [0.15, 0.2) is 5.82 Å². The lowest BCUT2D eigenvalue weighted by Crippen LogP contribution is -2.13. The zero-order valence-electron chi connectivity index (χ0n) is 8.96. The molecule has 0 saturated heterocycles. The molecule has 1 aromatic heterocycles. The molecule has 0 spiro atoms. The summed E-state index contributed by atoms with van der Waals surface area (Å²) in [5.41, 5.74) is 8.01. The van der Waals surface area contributed by atoms with Gasteiger partial charge in [0.05, 0.1) is 12.6 Å². The van der Waals surface area contributed by atoms with Crippen molar-refractivity contribution < 1.29 is 9.26 Å². The number of aromatic nitrogens is 2. The van der Waals surface area contributed by atoms with E-state index in [1.54, 1.807) is 7.11 Å². The first-order chi connectivity index (χ1) is 7.81. The van der Waals surface area contributed by atoms with Crippen molar-refractivity contribution >= 4 is 0 Å². The molecule has 0 bridgehead atoms. The van der Waals surface area contributed by atoms with E-state index in [4.69, 9.17) is 10.5 Å². The van der Waals surface area contributed by atoms with Crippen LogP contribution in [0.4, 0.5) is 0 Å². The van der Waals surface area contributed by atoms with Gasteiger partial charge in [-0.05, 0) is 11.1 Å². The van der Waals surface area contributed by atoms with Crippen LogP contribution in [0.3, 0.4) is 0 Å². The average molecular weight is 219 g/mol. The Hall–Kier alpha value is -1.72. The van der Waals surface area contributed by atoms with Gasteiger partial charge in [-0.2, -0.15) is 4.98 Å². The summed E-state index contributed by atoms with van der Waals surface area (Å²) in [6, 6.07) is 7.46. The number of nitrogens with two attached hydrogens (primary N) is 1. The molecule has 0 amide bonds. The van der Waals surface area contributed by atoms with E-state index in [0.29, 0.717) is 12.4 Å². The van der Waals surface area contributed by atoms with Gasteiger partial charge in [0, 0.05) is 7.11 Å². The summed E-state index contributed by atoms with van der Waals surface area (Å²) in [6.07, 6.45) is 1.27. The van der Waals surface area contributed by atoms with Crippen molar-refractivity contribution in [1.29, 1.82) is 0 Å². The fourth-order valence-corrected chi connectivity index (χ4v) is 1.51. The molecule has 0 radical (unpaired) electrons. The number of rotatable bonds is 4. The first-order valence-corrected chi connectivity index (χ1v) is 4.91. The molecule has 0 saturated carbocycles. The summed E-state index contributed by atoms with van der Waals surface area (Å²) in [7, 11) is 1.66. The fraction of sp³-hybridized carbons (Fsp3) is 0.273. The van der Waals surface area contributed by atoms with Crippen molar-refractivity contribution in [3.63, 3.8) is 0 Å². The average Bonchev–Trinajstić information content (AvgIpc) is 2.82. The standard InChI is InChI=1S/C11H13N3O2/c1-15-6-8-3-2-4-9(5-8)10(12)11-13-7-16-14-11/h2-5,7,10H,6,12H2,1H3. The van der Waals surface area contributed by atoms with Crippen LogP contribution in [0.1, 0.15) is 23.0 Å². The second-order valence-electron chi connectivity index (χ2n) is 3.45. The molecule has 1 unspecified atom stereocenters. The Labute approximate surface area is 93.2 Å². The van der Waals surface area contributed by atoms with E-state index in [1.807, 2.05) is 24.3 Å². The summed E-state index contributed by atoms with van der Waals surface area (Å²) in [6.45, 7) is 0.562. The number of benzene rings is 1.